The Balaban J connectivity index is 1.24. The van der Waals surface area contributed by atoms with Gasteiger partial charge in [-0.25, -0.2) is 4.79 Å². The lowest BCUT2D eigenvalue weighted by Crippen LogP contribution is -2.69. The molecule has 0 radical (unpaired) electrons. The van der Waals surface area contributed by atoms with Gasteiger partial charge >= 0.3 is 24.1 Å². The van der Waals surface area contributed by atoms with E-state index in [0.29, 0.717) is 29.5 Å². The molecule has 3 aliphatic heterocycles. The maximum Gasteiger partial charge on any atom is 0.422 e. The molecule has 1 aliphatic carbocycles. The van der Waals surface area contributed by atoms with Gasteiger partial charge in [-0.1, -0.05) is 75.9 Å². The quantitative estimate of drug-likeness (QED) is 0.0486. The third kappa shape index (κ3) is 13.0. The van der Waals surface area contributed by atoms with Crippen molar-refractivity contribution in [2.24, 2.45) is 5.41 Å². The molecule has 2 bridgehead atoms. The molecule has 3 saturated heterocycles. The minimum Gasteiger partial charge on any atom is -0.460 e. The Bertz CT molecular complexity index is 2100. The third-order valence-electron chi connectivity index (χ3n) is 12.4. The van der Waals surface area contributed by atoms with Crippen LogP contribution in [0.2, 0.25) is 0 Å². The molecule has 67 heavy (non-hydrogen) atoms. The van der Waals surface area contributed by atoms with E-state index < -0.39 is 102 Å². The van der Waals surface area contributed by atoms with E-state index in [1.165, 1.54) is 11.1 Å². The number of nitrogens with one attached hydrogen (secondary N) is 2. The number of alkyl halides is 3. The Morgan fingerprint density at radius 1 is 0.955 bits per heavy atom. The maximum atomic E-state index is 15.0. The van der Waals surface area contributed by atoms with E-state index in [2.05, 4.69) is 29.2 Å². The molecule has 3 N–H and O–H groups in total. The number of esters is 3. The first-order valence-electron chi connectivity index (χ1n) is 23.3. The standard InChI is InChI=1S/C49H64F3N3O12/c1-6-8-10-22-47(23-11-9-7-2)65-39-36-26-48(45(61)53-27-32-15-13-17-34(25-32)43(59)54-35(29-56)19-21-38(58)64-46(3,4)5)41(44(60)63-36)55(67-42(48)40(39)66-47)28-33-16-12-14-31(24-33)18-20-37(57)62-30-49(50,51)52/h12-18,20,24-25,35-36,39-42,56H,6-11,19,21-23,26-30H2,1-5H3,(H,53,61)(H,54,59)/t35-,36+,39-,40-,41-,42+,48-/m0/s1. The highest BCUT2D eigenvalue weighted by Crippen LogP contribution is 2.58. The Kier molecular flexibility index (Phi) is 16.9. The molecule has 2 aromatic rings. The van der Waals surface area contributed by atoms with Crippen LogP contribution in [0, 0.1) is 5.41 Å². The SMILES string of the molecule is CCCCCC1(CCCCC)O[C@@H]2[C@H](O1)[C@H]1ON(Cc3cccc(C=CC(=O)OCC(F)(F)F)c3)[C@H]3C(=O)O[C@@H]2C[C@@]13C(=O)NCc1cccc(C(=O)N[C@H](CO)CCC(=O)OC(C)(C)C)c1. The summed E-state index contributed by atoms with van der Waals surface area (Å²) in [6, 6.07) is 11.3. The van der Waals surface area contributed by atoms with Crippen LogP contribution < -0.4 is 10.6 Å². The number of aliphatic hydroxyl groups is 1. The summed E-state index contributed by atoms with van der Waals surface area (Å²) in [5.41, 5.74) is -0.328. The molecule has 0 spiro atoms. The molecule has 4 fully saturated rings. The first kappa shape index (κ1) is 51.5. The minimum absolute atomic E-state index is 0.00961. The first-order valence-corrected chi connectivity index (χ1v) is 23.3. The third-order valence-corrected chi connectivity index (χ3v) is 12.4. The first-order chi connectivity index (χ1) is 31.8. The van der Waals surface area contributed by atoms with E-state index >= 15 is 4.79 Å². The number of fused-ring (bicyclic) bond motifs is 4. The highest BCUT2D eigenvalue weighted by molar-refractivity contribution is 5.95. The van der Waals surface area contributed by atoms with Crippen LogP contribution in [-0.4, -0.2) is 107 Å². The topological polar surface area (TPSA) is 188 Å². The van der Waals surface area contributed by atoms with Gasteiger partial charge in [-0.05, 0) is 74.9 Å². The zero-order valence-corrected chi connectivity index (χ0v) is 38.9. The molecule has 15 nitrogen and oxygen atoms in total. The number of halogens is 3. The highest BCUT2D eigenvalue weighted by atomic mass is 19.4. The van der Waals surface area contributed by atoms with Crippen LogP contribution in [0.3, 0.4) is 0 Å². The van der Waals surface area contributed by atoms with Gasteiger partial charge in [0.2, 0.25) is 5.91 Å². The lowest BCUT2D eigenvalue weighted by molar-refractivity contribution is -0.224. The molecule has 368 valence electrons. The van der Waals surface area contributed by atoms with Crippen molar-refractivity contribution < 1.29 is 70.8 Å². The summed E-state index contributed by atoms with van der Waals surface area (Å²) < 4.78 is 67.4. The number of carbonyl (C=O) groups excluding carboxylic acids is 5. The van der Waals surface area contributed by atoms with Crippen molar-refractivity contribution in [2.45, 2.75) is 172 Å². The molecule has 6 rings (SSSR count). The van der Waals surface area contributed by atoms with E-state index in [1.807, 2.05) is 0 Å². The molecule has 18 heteroatoms. The molecule has 2 amide bonds. The van der Waals surface area contributed by atoms with E-state index in [4.69, 9.17) is 23.8 Å². The summed E-state index contributed by atoms with van der Waals surface area (Å²) >= 11 is 0. The van der Waals surface area contributed by atoms with Crippen molar-refractivity contribution in [3.05, 3.63) is 76.9 Å². The fraction of sp³-hybridized carbons (Fsp3) is 0.612. The van der Waals surface area contributed by atoms with E-state index in [-0.39, 0.29) is 37.9 Å². The molecule has 1 saturated carbocycles. The summed E-state index contributed by atoms with van der Waals surface area (Å²) in [7, 11) is 0. The van der Waals surface area contributed by atoms with Crippen molar-refractivity contribution in [3.63, 3.8) is 0 Å². The Morgan fingerprint density at radius 2 is 1.64 bits per heavy atom. The van der Waals surface area contributed by atoms with Gasteiger partial charge in [0.05, 0.1) is 19.2 Å². The molecule has 0 unspecified atom stereocenters. The van der Waals surface area contributed by atoms with Crippen LogP contribution in [-0.2, 0) is 60.8 Å². The lowest BCUT2D eigenvalue weighted by Gasteiger charge is -2.48. The number of aliphatic hydroxyl groups excluding tert-OH is 1. The number of hydrogen-bond donors (Lipinski definition) is 3. The van der Waals surface area contributed by atoms with Gasteiger partial charge in [-0.2, -0.15) is 18.2 Å². The van der Waals surface area contributed by atoms with Gasteiger partial charge in [0.15, 0.2) is 18.4 Å². The van der Waals surface area contributed by atoms with Crippen molar-refractivity contribution in [1.29, 1.82) is 0 Å². The number of rotatable bonds is 22. The second-order valence-corrected chi connectivity index (χ2v) is 18.9. The van der Waals surface area contributed by atoms with Gasteiger partial charge in [-0.3, -0.25) is 24.0 Å². The van der Waals surface area contributed by atoms with Gasteiger partial charge in [0.1, 0.15) is 35.4 Å². The fourth-order valence-corrected chi connectivity index (χ4v) is 9.37. The number of ether oxygens (including phenoxy) is 5. The van der Waals surface area contributed by atoms with Gasteiger partial charge in [0, 0.05) is 43.9 Å². The molecule has 7 atom stereocenters. The van der Waals surface area contributed by atoms with Crippen molar-refractivity contribution >= 4 is 35.8 Å². The summed E-state index contributed by atoms with van der Waals surface area (Å²) in [4.78, 5) is 73.7. The molecule has 4 aliphatic rings. The van der Waals surface area contributed by atoms with E-state index in [1.54, 1.807) is 69.3 Å². The number of benzene rings is 2. The van der Waals surface area contributed by atoms with Crippen molar-refractivity contribution in [1.82, 2.24) is 15.7 Å². The fourth-order valence-electron chi connectivity index (χ4n) is 9.37. The predicted molar refractivity (Wildman–Crippen MR) is 236 cm³/mol. The lowest BCUT2D eigenvalue weighted by atomic mass is 9.62. The largest absolute Gasteiger partial charge is 0.460 e. The molecular weight excluding hydrogens is 880 g/mol. The van der Waals surface area contributed by atoms with Gasteiger partial charge in [-0.15, -0.1) is 0 Å². The number of unbranched alkanes of at least 4 members (excludes halogenated alkanes) is 4. The van der Waals surface area contributed by atoms with Crippen LogP contribution in [0.15, 0.2) is 54.6 Å². The smallest absolute Gasteiger partial charge is 0.422 e. The predicted octanol–water partition coefficient (Wildman–Crippen LogP) is 6.78. The minimum atomic E-state index is -4.67. The van der Waals surface area contributed by atoms with Crippen molar-refractivity contribution in [2.75, 3.05) is 13.2 Å². The van der Waals surface area contributed by atoms with Crippen LogP contribution in [0.1, 0.15) is 132 Å². The maximum absolute atomic E-state index is 15.0. The Labute approximate surface area is 389 Å². The number of carbonyl (C=O) groups is 5. The van der Waals surface area contributed by atoms with E-state index in [9.17, 15) is 37.5 Å². The molecule has 3 heterocycles. The number of amides is 2. The second-order valence-electron chi connectivity index (χ2n) is 18.9. The number of hydrogen-bond acceptors (Lipinski definition) is 13. The number of hydroxylamine groups is 2. The van der Waals surface area contributed by atoms with Crippen LogP contribution >= 0.6 is 0 Å². The van der Waals surface area contributed by atoms with Gasteiger partial charge < -0.3 is 39.4 Å². The van der Waals surface area contributed by atoms with E-state index in [0.717, 1.165) is 44.6 Å². The Hall–Kier alpha value is -4.88. The number of nitrogens with zero attached hydrogens (tertiary/aromatic N) is 1. The molecule has 0 aromatic heterocycles. The molecular formula is C49H64F3N3O12. The van der Waals surface area contributed by atoms with Crippen LogP contribution in [0.5, 0.6) is 0 Å². The molecule has 2 aromatic carbocycles. The summed E-state index contributed by atoms with van der Waals surface area (Å²) in [6.07, 6.45) is 1.17. The Morgan fingerprint density at radius 3 is 2.31 bits per heavy atom. The summed E-state index contributed by atoms with van der Waals surface area (Å²) in [5.74, 6) is -4.28. The van der Waals surface area contributed by atoms with Crippen molar-refractivity contribution in [3.8, 4) is 0 Å². The zero-order chi connectivity index (χ0) is 48.6. The monoisotopic (exact) mass is 943 g/mol. The van der Waals surface area contributed by atoms with Crippen LogP contribution in [0.4, 0.5) is 13.2 Å². The zero-order valence-electron chi connectivity index (χ0n) is 38.9. The average molecular weight is 944 g/mol. The average Bonchev–Trinajstić information content (AvgIpc) is 3.83. The summed E-state index contributed by atoms with van der Waals surface area (Å²) in [6.45, 7) is 7.28. The summed E-state index contributed by atoms with van der Waals surface area (Å²) in [5, 5.41) is 17.2. The second kappa shape index (κ2) is 22.0. The van der Waals surface area contributed by atoms with Crippen LogP contribution in [0.25, 0.3) is 6.08 Å². The normalized spacial score (nSPS) is 24.7. The van der Waals surface area contributed by atoms with Gasteiger partial charge in [0.25, 0.3) is 5.91 Å². The highest BCUT2D eigenvalue weighted by Gasteiger charge is 2.76.